The van der Waals surface area contributed by atoms with Gasteiger partial charge in [0.25, 0.3) is 0 Å². The number of nitrogens with two attached hydrogens (primary N) is 1. The summed E-state index contributed by atoms with van der Waals surface area (Å²) in [5, 5.41) is 3.09. The molecule has 3 atom stereocenters. The van der Waals surface area contributed by atoms with Gasteiger partial charge in [0, 0.05) is 18.7 Å². The average molecular weight is 353 g/mol. The van der Waals surface area contributed by atoms with Crippen LogP contribution in [0.4, 0.5) is 4.39 Å². The van der Waals surface area contributed by atoms with Gasteiger partial charge < -0.3 is 11.1 Å². The summed E-state index contributed by atoms with van der Waals surface area (Å²) in [7, 11) is 0. The number of aryl methyl sites for hydroxylation is 1. The van der Waals surface area contributed by atoms with Gasteiger partial charge in [-0.25, -0.2) is 4.39 Å². The van der Waals surface area contributed by atoms with E-state index in [-0.39, 0.29) is 23.8 Å². The zero-order chi connectivity index (χ0) is 18.3. The van der Waals surface area contributed by atoms with Crippen LogP contribution in [-0.2, 0) is 11.2 Å². The molecule has 5 heteroatoms. The quantitative estimate of drug-likeness (QED) is 0.888. The molecular weight excluding hydrogens is 329 g/mol. The number of halogens is 1. The number of carbonyl (C=O) groups excluding carboxylic acids is 1. The average Bonchev–Trinajstić information content (AvgIpc) is 2.88. The van der Waals surface area contributed by atoms with E-state index < -0.39 is 6.04 Å². The molecule has 1 amide bonds. The zero-order valence-corrected chi connectivity index (χ0v) is 14.9. The summed E-state index contributed by atoms with van der Waals surface area (Å²) in [6, 6.07) is 12.1. The first-order valence-electron chi connectivity index (χ1n) is 9.18. The highest BCUT2D eigenvalue weighted by atomic mass is 19.1. The number of hydrogen-bond acceptors (Lipinski definition) is 3. The molecule has 26 heavy (non-hydrogen) atoms. The fraction of sp³-hybridized carbons (Fsp3) is 0.381. The van der Waals surface area contributed by atoms with Crippen LogP contribution in [0.5, 0.6) is 0 Å². The summed E-state index contributed by atoms with van der Waals surface area (Å²) in [5.74, 6) is -0.489. The number of benzene rings is 2. The Kier molecular flexibility index (Phi) is 4.51. The Bertz CT molecular complexity index is 834. The normalized spacial score (nSPS) is 23.2. The van der Waals surface area contributed by atoms with E-state index in [2.05, 4.69) is 5.32 Å². The molecule has 1 saturated heterocycles. The van der Waals surface area contributed by atoms with E-state index >= 15 is 0 Å². The van der Waals surface area contributed by atoms with Crippen LogP contribution < -0.4 is 11.1 Å². The number of nitrogens with zero attached hydrogens (tertiary/aromatic N) is 1. The van der Waals surface area contributed by atoms with Crippen molar-refractivity contribution in [2.45, 2.75) is 37.9 Å². The lowest BCUT2D eigenvalue weighted by Crippen LogP contribution is -2.50. The SMILES string of the molecule is Cc1ccc(C(C(=O)N[C@H]2Cc3ccccc3[C@@H]2N)N2CCC2)c(F)c1. The van der Waals surface area contributed by atoms with Gasteiger partial charge in [-0.05, 0) is 42.5 Å². The van der Waals surface area contributed by atoms with Crippen LogP contribution in [0.2, 0.25) is 0 Å². The molecule has 3 N–H and O–H groups in total. The molecule has 4 rings (SSSR count). The summed E-state index contributed by atoms with van der Waals surface area (Å²) in [6.07, 6.45) is 1.75. The van der Waals surface area contributed by atoms with Crippen LogP contribution >= 0.6 is 0 Å². The van der Waals surface area contributed by atoms with Crippen LogP contribution in [0, 0.1) is 12.7 Å². The van der Waals surface area contributed by atoms with Gasteiger partial charge >= 0.3 is 0 Å². The van der Waals surface area contributed by atoms with E-state index in [4.69, 9.17) is 5.73 Å². The second kappa shape index (κ2) is 6.82. The molecule has 2 aromatic carbocycles. The van der Waals surface area contributed by atoms with Crippen molar-refractivity contribution < 1.29 is 9.18 Å². The van der Waals surface area contributed by atoms with Crippen molar-refractivity contribution in [3.8, 4) is 0 Å². The van der Waals surface area contributed by atoms with Gasteiger partial charge in [0.1, 0.15) is 11.9 Å². The number of hydrogen-bond donors (Lipinski definition) is 2. The molecule has 0 aromatic heterocycles. The van der Waals surface area contributed by atoms with Crippen molar-refractivity contribution in [3.63, 3.8) is 0 Å². The number of amides is 1. The van der Waals surface area contributed by atoms with Gasteiger partial charge in [0.05, 0.1) is 12.1 Å². The van der Waals surface area contributed by atoms with Gasteiger partial charge in [-0.15, -0.1) is 0 Å². The second-order valence-corrected chi connectivity index (χ2v) is 7.36. The summed E-state index contributed by atoms with van der Waals surface area (Å²) < 4.78 is 14.6. The molecular formula is C21H24FN3O. The number of carbonyl (C=O) groups is 1. The first-order chi connectivity index (χ1) is 12.5. The maximum Gasteiger partial charge on any atom is 0.242 e. The summed E-state index contributed by atoms with van der Waals surface area (Å²) in [5.41, 5.74) is 9.90. The van der Waals surface area contributed by atoms with Crippen molar-refractivity contribution in [3.05, 3.63) is 70.5 Å². The molecule has 4 nitrogen and oxygen atoms in total. The molecule has 1 unspecified atom stereocenters. The number of rotatable bonds is 4. The van der Waals surface area contributed by atoms with Gasteiger partial charge in [0.15, 0.2) is 0 Å². The molecule has 1 fully saturated rings. The molecule has 0 saturated carbocycles. The molecule has 2 aromatic rings. The Morgan fingerprint density at radius 2 is 2.04 bits per heavy atom. The van der Waals surface area contributed by atoms with E-state index in [1.807, 2.05) is 42.2 Å². The third kappa shape index (κ3) is 3.02. The predicted octanol–water partition coefficient (Wildman–Crippen LogP) is 2.62. The molecule has 1 aliphatic carbocycles. The van der Waals surface area contributed by atoms with Gasteiger partial charge in [-0.2, -0.15) is 0 Å². The van der Waals surface area contributed by atoms with Crippen molar-refractivity contribution in [1.29, 1.82) is 0 Å². The lowest BCUT2D eigenvalue weighted by Gasteiger charge is -2.38. The van der Waals surface area contributed by atoms with E-state index in [9.17, 15) is 9.18 Å². The van der Waals surface area contributed by atoms with Gasteiger partial charge in [0.2, 0.25) is 5.91 Å². The van der Waals surface area contributed by atoms with Gasteiger partial charge in [-0.3, -0.25) is 9.69 Å². The summed E-state index contributed by atoms with van der Waals surface area (Å²) >= 11 is 0. The topological polar surface area (TPSA) is 58.4 Å². The molecule has 136 valence electrons. The van der Waals surface area contributed by atoms with E-state index in [0.717, 1.165) is 30.6 Å². The van der Waals surface area contributed by atoms with E-state index in [1.54, 1.807) is 6.07 Å². The minimum absolute atomic E-state index is 0.155. The fourth-order valence-corrected chi connectivity index (χ4v) is 3.98. The number of fused-ring (bicyclic) bond motifs is 1. The highest BCUT2D eigenvalue weighted by Gasteiger charge is 2.37. The van der Waals surface area contributed by atoms with Crippen molar-refractivity contribution in [2.75, 3.05) is 13.1 Å². The van der Waals surface area contributed by atoms with Crippen LogP contribution in [0.1, 0.15) is 40.8 Å². The Labute approximate surface area is 153 Å². The highest BCUT2D eigenvalue weighted by Crippen LogP contribution is 2.32. The van der Waals surface area contributed by atoms with Crippen LogP contribution in [-0.4, -0.2) is 29.9 Å². The minimum atomic E-state index is -0.597. The maximum atomic E-state index is 14.6. The van der Waals surface area contributed by atoms with Crippen LogP contribution in [0.25, 0.3) is 0 Å². The Hall–Kier alpha value is -2.24. The number of nitrogens with one attached hydrogen (secondary N) is 1. The lowest BCUT2D eigenvalue weighted by atomic mass is 9.98. The first-order valence-corrected chi connectivity index (χ1v) is 9.18. The van der Waals surface area contributed by atoms with E-state index in [1.165, 1.54) is 11.6 Å². The molecule has 0 bridgehead atoms. The predicted molar refractivity (Wildman–Crippen MR) is 99.1 cm³/mol. The van der Waals surface area contributed by atoms with Crippen molar-refractivity contribution in [1.82, 2.24) is 10.2 Å². The zero-order valence-electron chi connectivity index (χ0n) is 14.9. The second-order valence-electron chi connectivity index (χ2n) is 7.36. The minimum Gasteiger partial charge on any atom is -0.349 e. The highest BCUT2D eigenvalue weighted by molar-refractivity contribution is 5.84. The molecule has 0 radical (unpaired) electrons. The van der Waals surface area contributed by atoms with Gasteiger partial charge in [-0.1, -0.05) is 36.4 Å². The maximum absolute atomic E-state index is 14.6. The van der Waals surface area contributed by atoms with Crippen molar-refractivity contribution in [2.24, 2.45) is 5.73 Å². The monoisotopic (exact) mass is 353 g/mol. The largest absolute Gasteiger partial charge is 0.349 e. The third-order valence-corrected chi connectivity index (χ3v) is 5.57. The lowest BCUT2D eigenvalue weighted by molar-refractivity contribution is -0.129. The summed E-state index contributed by atoms with van der Waals surface area (Å²) in [4.78, 5) is 15.1. The molecule has 2 aliphatic rings. The molecule has 0 spiro atoms. The first kappa shape index (κ1) is 17.2. The summed E-state index contributed by atoms with van der Waals surface area (Å²) in [6.45, 7) is 3.46. The Morgan fingerprint density at radius 1 is 1.27 bits per heavy atom. The van der Waals surface area contributed by atoms with Crippen LogP contribution in [0.15, 0.2) is 42.5 Å². The third-order valence-electron chi connectivity index (χ3n) is 5.57. The standard InChI is InChI=1S/C21H24FN3O/c1-13-7-8-16(17(22)11-13)20(25-9-4-10-25)21(26)24-18-12-14-5-2-3-6-15(14)19(18)23/h2-3,5-8,11,18-20H,4,9-10,12,23H2,1H3,(H,24,26)/t18-,19-,20?/m0/s1. The smallest absolute Gasteiger partial charge is 0.242 e. The Balaban J connectivity index is 1.56. The van der Waals surface area contributed by atoms with E-state index in [0.29, 0.717) is 12.0 Å². The number of likely N-dealkylation sites (tertiary alicyclic amines) is 1. The van der Waals surface area contributed by atoms with Crippen molar-refractivity contribution >= 4 is 5.91 Å². The van der Waals surface area contributed by atoms with Crippen LogP contribution in [0.3, 0.4) is 0 Å². The molecule has 1 aliphatic heterocycles. The fourth-order valence-electron chi connectivity index (χ4n) is 3.98. The Morgan fingerprint density at radius 3 is 2.69 bits per heavy atom. The molecule has 1 heterocycles.